The van der Waals surface area contributed by atoms with Gasteiger partial charge in [-0.1, -0.05) is 162 Å². The van der Waals surface area contributed by atoms with Crippen LogP contribution in [-0.2, 0) is 10.8 Å². The van der Waals surface area contributed by atoms with E-state index in [-0.39, 0.29) is 17.5 Å². The van der Waals surface area contributed by atoms with E-state index in [1.165, 1.54) is 138 Å². The van der Waals surface area contributed by atoms with Gasteiger partial charge in [-0.15, -0.1) is 0 Å². The predicted molar refractivity (Wildman–Crippen MR) is 292 cm³/mol. The first-order valence-electron chi connectivity index (χ1n) is 24.4. The van der Waals surface area contributed by atoms with Gasteiger partial charge in [0.15, 0.2) is 0 Å². The summed E-state index contributed by atoms with van der Waals surface area (Å²) < 4.78 is 7.86. The molecule has 0 N–H and O–H groups in total. The van der Waals surface area contributed by atoms with Crippen LogP contribution in [0.1, 0.15) is 63.8 Å². The molecule has 9 aromatic carbocycles. The van der Waals surface area contributed by atoms with Crippen molar-refractivity contribution in [2.75, 3.05) is 0 Å². The number of benzene rings is 9. The molecule has 326 valence electrons. The summed E-state index contributed by atoms with van der Waals surface area (Å²) in [6.45, 7) is 18.6. The highest BCUT2D eigenvalue weighted by Crippen LogP contribution is 2.44. The first kappa shape index (κ1) is 39.6. The molecule has 0 atom stereocenters. The van der Waals surface area contributed by atoms with Gasteiger partial charge in [0.25, 0.3) is 6.71 Å². The van der Waals surface area contributed by atoms with Gasteiger partial charge in [0, 0.05) is 54.7 Å². The zero-order valence-electron chi connectivity index (χ0n) is 40.1. The summed E-state index contributed by atoms with van der Waals surface area (Å²) in [7, 11) is 0. The minimum absolute atomic E-state index is 0.0114. The minimum atomic E-state index is 0.0114. The Balaban J connectivity index is 1.18. The molecule has 14 rings (SSSR count). The van der Waals surface area contributed by atoms with Crippen molar-refractivity contribution in [2.45, 2.75) is 66.2 Å². The van der Waals surface area contributed by atoms with E-state index in [2.05, 4.69) is 239 Å². The van der Waals surface area contributed by atoms with Crippen LogP contribution in [0.2, 0.25) is 0 Å². The van der Waals surface area contributed by atoms with Crippen LogP contribution in [0.4, 0.5) is 0 Å². The van der Waals surface area contributed by atoms with E-state index >= 15 is 0 Å². The van der Waals surface area contributed by atoms with E-state index < -0.39 is 0 Å². The molecule has 3 nitrogen and oxygen atoms in total. The minimum Gasteiger partial charge on any atom is -0.310 e. The van der Waals surface area contributed by atoms with E-state index in [0.29, 0.717) is 0 Å². The molecule has 0 amide bonds. The molecule has 0 fully saturated rings. The van der Waals surface area contributed by atoms with Crippen molar-refractivity contribution in [3.05, 3.63) is 192 Å². The quantitative estimate of drug-likeness (QED) is 0.157. The van der Waals surface area contributed by atoms with Crippen LogP contribution in [0, 0.1) is 13.8 Å². The Morgan fingerprint density at radius 1 is 0.353 bits per heavy atom. The fraction of sp³-hybridized carbons (Fsp3) is 0.156. The molecule has 12 aromatic rings. The molecule has 5 heterocycles. The Bertz CT molecular complexity index is 3900. The number of nitrogens with zero attached hydrogens (tertiary/aromatic N) is 3. The largest absolute Gasteiger partial charge is 0.310 e. The van der Waals surface area contributed by atoms with E-state index in [4.69, 9.17) is 0 Å². The highest BCUT2D eigenvalue weighted by Gasteiger charge is 2.42. The number of hydrogen-bond donors (Lipinski definition) is 0. The van der Waals surface area contributed by atoms with Gasteiger partial charge in [-0.2, -0.15) is 0 Å². The van der Waals surface area contributed by atoms with E-state index in [9.17, 15) is 0 Å². The molecular weight excluding hydrogens is 822 g/mol. The van der Waals surface area contributed by atoms with Crippen molar-refractivity contribution in [3.63, 3.8) is 0 Å². The topological polar surface area (TPSA) is 14.8 Å². The zero-order valence-corrected chi connectivity index (χ0v) is 40.1. The highest BCUT2D eigenvalue weighted by atomic mass is 15.1. The lowest BCUT2D eigenvalue weighted by Crippen LogP contribution is -2.59. The molecule has 0 bridgehead atoms. The monoisotopic (exact) mass is 873 g/mol. The molecule has 0 aliphatic carbocycles. The standard InChI is InChI=1S/C64H52BN3/c1-37-27-50-48-33-43(63(3,4)5)21-25-54(48)67-58-35-45(66-56-31-41(39-15-11-9-12-16-39)19-23-46(56)47-24-20-42(32-57(47)66)40-17-13-10-14-18-40)36-59-60(58)65(52(29-37)61(50)67)53-30-38(2)28-51-49-34-44(64(6,7)8)22-26-55(49)68(59)62(51)53/h9-36H,1-8H3. The van der Waals surface area contributed by atoms with Crippen LogP contribution >= 0.6 is 0 Å². The van der Waals surface area contributed by atoms with Gasteiger partial charge in [0.2, 0.25) is 0 Å². The summed E-state index contributed by atoms with van der Waals surface area (Å²) in [4.78, 5) is 0. The second-order valence-electron chi connectivity index (χ2n) is 22.0. The Morgan fingerprint density at radius 2 is 0.794 bits per heavy atom. The molecule has 0 unspecified atom stereocenters. The number of aryl methyl sites for hydroxylation is 2. The van der Waals surface area contributed by atoms with E-state index in [1.807, 2.05) is 0 Å². The average molecular weight is 874 g/mol. The van der Waals surface area contributed by atoms with Crippen molar-refractivity contribution in [2.24, 2.45) is 0 Å². The molecule has 0 spiro atoms. The fourth-order valence-corrected chi connectivity index (χ4v) is 12.3. The Kier molecular flexibility index (Phi) is 7.89. The Hall–Kier alpha value is -7.56. The smallest absolute Gasteiger partial charge is 0.252 e. The molecular formula is C64H52BN3. The van der Waals surface area contributed by atoms with Crippen LogP contribution in [0.3, 0.4) is 0 Å². The van der Waals surface area contributed by atoms with Gasteiger partial charge in [0.05, 0.1) is 27.8 Å². The molecule has 0 saturated carbocycles. The lowest BCUT2D eigenvalue weighted by Gasteiger charge is -2.34. The second-order valence-corrected chi connectivity index (χ2v) is 22.0. The zero-order chi connectivity index (χ0) is 46.1. The molecule has 68 heavy (non-hydrogen) atoms. The maximum Gasteiger partial charge on any atom is 0.252 e. The van der Waals surface area contributed by atoms with Gasteiger partial charge in [-0.25, -0.2) is 0 Å². The van der Waals surface area contributed by atoms with Crippen LogP contribution < -0.4 is 16.4 Å². The van der Waals surface area contributed by atoms with E-state index in [0.717, 1.165) is 5.69 Å². The van der Waals surface area contributed by atoms with Crippen molar-refractivity contribution < 1.29 is 0 Å². The lowest BCUT2D eigenvalue weighted by atomic mass is 9.34. The third kappa shape index (κ3) is 5.43. The number of rotatable bonds is 3. The van der Waals surface area contributed by atoms with Gasteiger partial charge >= 0.3 is 0 Å². The van der Waals surface area contributed by atoms with Crippen molar-refractivity contribution in [1.82, 2.24) is 13.7 Å². The van der Waals surface area contributed by atoms with Crippen molar-refractivity contribution >= 4 is 88.5 Å². The Labute approximate surface area is 398 Å². The summed E-state index contributed by atoms with van der Waals surface area (Å²) in [6.07, 6.45) is 0. The van der Waals surface area contributed by atoms with Crippen LogP contribution in [0.25, 0.3) is 105 Å². The van der Waals surface area contributed by atoms with Gasteiger partial charge < -0.3 is 13.7 Å². The maximum atomic E-state index is 2.64. The first-order chi connectivity index (χ1) is 32.8. The Morgan fingerprint density at radius 3 is 1.22 bits per heavy atom. The summed E-state index contributed by atoms with van der Waals surface area (Å²) >= 11 is 0. The van der Waals surface area contributed by atoms with Gasteiger partial charge in [-0.3, -0.25) is 0 Å². The van der Waals surface area contributed by atoms with Crippen LogP contribution in [0.5, 0.6) is 0 Å². The summed E-state index contributed by atoms with van der Waals surface area (Å²) in [5, 5.41) is 7.80. The highest BCUT2D eigenvalue weighted by molar-refractivity contribution is 7.00. The third-order valence-corrected chi connectivity index (χ3v) is 15.6. The molecule has 0 saturated heterocycles. The van der Waals surface area contributed by atoms with Crippen LogP contribution in [-0.4, -0.2) is 20.4 Å². The lowest BCUT2D eigenvalue weighted by molar-refractivity contribution is 0.591. The van der Waals surface area contributed by atoms with Crippen LogP contribution in [0.15, 0.2) is 170 Å². The summed E-state index contributed by atoms with van der Waals surface area (Å²) in [6, 6.07) is 65.3. The molecule has 4 heteroatoms. The molecule has 0 radical (unpaired) electrons. The van der Waals surface area contributed by atoms with Gasteiger partial charge in [-0.05, 0) is 135 Å². The second kappa shape index (κ2) is 13.5. The van der Waals surface area contributed by atoms with Gasteiger partial charge in [0.1, 0.15) is 0 Å². The molecule has 2 aliphatic heterocycles. The van der Waals surface area contributed by atoms with Crippen molar-refractivity contribution in [1.29, 1.82) is 0 Å². The first-order valence-corrected chi connectivity index (χ1v) is 24.4. The molecule has 3 aromatic heterocycles. The normalized spacial score (nSPS) is 13.3. The maximum absolute atomic E-state index is 2.64. The van der Waals surface area contributed by atoms with E-state index in [1.54, 1.807) is 0 Å². The summed E-state index contributed by atoms with van der Waals surface area (Å²) in [5.41, 5.74) is 25.5. The molecule has 2 aliphatic rings. The average Bonchev–Trinajstić information content (AvgIpc) is 3.96. The summed E-state index contributed by atoms with van der Waals surface area (Å²) in [5.74, 6) is 0. The fourth-order valence-electron chi connectivity index (χ4n) is 12.3. The predicted octanol–water partition coefficient (Wildman–Crippen LogP) is 14.7. The number of fused-ring (bicyclic) bond motifs is 13. The number of hydrogen-bond acceptors (Lipinski definition) is 0. The van der Waals surface area contributed by atoms with Crippen molar-refractivity contribution in [3.8, 4) is 39.3 Å². The third-order valence-electron chi connectivity index (χ3n) is 15.6. The SMILES string of the molecule is Cc1cc2c3c(c1)c1cc(C(C)(C)C)ccc1n3-c1cc(-n3c4cc(-c5ccccc5)ccc4c4ccc(-c5ccccc5)cc43)cc3c1B2c1cc(C)cc2c4cc(C(C)(C)C)ccc4n-3c12. The number of aromatic nitrogens is 3.